The molecule has 108 valence electrons. The van der Waals surface area contributed by atoms with Gasteiger partial charge in [0.15, 0.2) is 0 Å². The molecule has 1 aromatic heterocycles. The summed E-state index contributed by atoms with van der Waals surface area (Å²) in [6, 6.07) is 16.5. The van der Waals surface area contributed by atoms with Crippen molar-refractivity contribution in [3.05, 3.63) is 59.1 Å². The number of benzene rings is 2. The van der Waals surface area contributed by atoms with Crippen molar-refractivity contribution in [2.75, 3.05) is 0 Å². The zero-order valence-corrected chi connectivity index (χ0v) is 12.8. The van der Waals surface area contributed by atoms with Gasteiger partial charge >= 0.3 is 0 Å². The maximum absolute atomic E-state index is 6.19. The second-order valence-electron chi connectivity index (χ2n) is 5.40. The van der Waals surface area contributed by atoms with Crippen molar-refractivity contribution in [1.82, 2.24) is 4.98 Å². The van der Waals surface area contributed by atoms with Crippen LogP contribution in [0.1, 0.15) is 18.9 Å². The number of fused-ring (bicyclic) bond motifs is 1. The normalized spacial score (nSPS) is 12.7. The van der Waals surface area contributed by atoms with E-state index in [1.807, 2.05) is 30.3 Å². The van der Waals surface area contributed by atoms with Crippen molar-refractivity contribution in [3.63, 3.8) is 0 Å². The van der Waals surface area contributed by atoms with Gasteiger partial charge in [-0.25, -0.2) is 0 Å². The number of nitrogens with two attached hydrogens (primary N) is 1. The predicted octanol–water partition coefficient (Wildman–Crippen LogP) is 4.77. The number of nitrogens with one attached hydrogen (secondary N) is 1. The van der Waals surface area contributed by atoms with Crippen molar-refractivity contribution in [1.29, 1.82) is 0 Å². The van der Waals surface area contributed by atoms with E-state index in [9.17, 15) is 0 Å². The van der Waals surface area contributed by atoms with Crippen molar-refractivity contribution in [2.45, 2.75) is 25.8 Å². The van der Waals surface area contributed by atoms with Gasteiger partial charge in [-0.3, -0.25) is 0 Å². The average Bonchev–Trinajstić information content (AvgIpc) is 2.87. The summed E-state index contributed by atoms with van der Waals surface area (Å²) in [6.07, 6.45) is 1.85. The minimum absolute atomic E-state index is 0.176. The van der Waals surface area contributed by atoms with Gasteiger partial charge in [-0.1, -0.05) is 48.9 Å². The standard InChI is InChI=1S/C18H19ClN2/c1-2-14(20)11-16-15-5-3-4-6-17(15)21-18(16)12-7-9-13(19)10-8-12/h3-10,14,21H,2,11,20H2,1H3. The van der Waals surface area contributed by atoms with Gasteiger partial charge in [0.2, 0.25) is 0 Å². The molecule has 3 N–H and O–H groups in total. The molecule has 1 heterocycles. The molecule has 2 nitrogen and oxygen atoms in total. The Kier molecular flexibility index (Phi) is 4.00. The fourth-order valence-corrected chi connectivity index (χ4v) is 2.81. The lowest BCUT2D eigenvalue weighted by Crippen LogP contribution is -2.21. The maximum Gasteiger partial charge on any atom is 0.0497 e. The van der Waals surface area contributed by atoms with E-state index < -0.39 is 0 Å². The summed E-state index contributed by atoms with van der Waals surface area (Å²) >= 11 is 5.99. The molecule has 0 saturated carbocycles. The average molecular weight is 299 g/mol. The summed E-state index contributed by atoms with van der Waals surface area (Å²) in [4.78, 5) is 3.53. The first kappa shape index (κ1) is 14.2. The molecule has 0 bridgehead atoms. The minimum atomic E-state index is 0.176. The van der Waals surface area contributed by atoms with Crippen LogP contribution in [0.4, 0.5) is 0 Å². The number of aromatic nitrogens is 1. The molecule has 0 aliphatic rings. The van der Waals surface area contributed by atoms with Crippen LogP contribution in [-0.4, -0.2) is 11.0 Å². The highest BCUT2D eigenvalue weighted by Crippen LogP contribution is 2.32. The van der Waals surface area contributed by atoms with Crippen molar-refractivity contribution >= 4 is 22.5 Å². The third kappa shape index (κ3) is 2.82. The summed E-state index contributed by atoms with van der Waals surface area (Å²) in [7, 11) is 0. The quantitative estimate of drug-likeness (QED) is 0.716. The molecule has 1 unspecified atom stereocenters. The zero-order valence-electron chi connectivity index (χ0n) is 12.1. The van der Waals surface area contributed by atoms with E-state index in [-0.39, 0.29) is 6.04 Å². The third-order valence-electron chi connectivity index (χ3n) is 3.94. The molecule has 0 saturated heterocycles. The fourth-order valence-electron chi connectivity index (χ4n) is 2.68. The predicted molar refractivity (Wildman–Crippen MR) is 90.7 cm³/mol. The summed E-state index contributed by atoms with van der Waals surface area (Å²) in [5.41, 5.74) is 10.9. The van der Waals surface area contributed by atoms with Crippen LogP contribution in [0, 0.1) is 0 Å². The van der Waals surface area contributed by atoms with Gasteiger partial charge in [-0.15, -0.1) is 0 Å². The highest BCUT2D eigenvalue weighted by Gasteiger charge is 2.15. The summed E-state index contributed by atoms with van der Waals surface area (Å²) in [5.74, 6) is 0. The number of halogens is 1. The Balaban J connectivity index is 2.16. The Labute approximate surface area is 129 Å². The first-order valence-corrected chi connectivity index (χ1v) is 7.68. The lowest BCUT2D eigenvalue weighted by atomic mass is 9.98. The lowest BCUT2D eigenvalue weighted by molar-refractivity contribution is 0.649. The molecule has 0 spiro atoms. The molecular formula is C18H19ClN2. The molecule has 3 rings (SSSR count). The van der Waals surface area contributed by atoms with Gasteiger partial charge < -0.3 is 10.7 Å². The van der Waals surface area contributed by atoms with Gasteiger partial charge in [0.1, 0.15) is 0 Å². The zero-order chi connectivity index (χ0) is 14.8. The van der Waals surface area contributed by atoms with Crippen molar-refractivity contribution in [2.24, 2.45) is 5.73 Å². The van der Waals surface area contributed by atoms with Crippen LogP contribution < -0.4 is 5.73 Å². The molecule has 0 fully saturated rings. The second kappa shape index (κ2) is 5.92. The molecule has 0 aliphatic carbocycles. The monoisotopic (exact) mass is 298 g/mol. The number of rotatable bonds is 4. The number of aromatic amines is 1. The number of para-hydroxylation sites is 1. The van der Waals surface area contributed by atoms with Crippen molar-refractivity contribution < 1.29 is 0 Å². The Morgan fingerprint density at radius 2 is 1.81 bits per heavy atom. The molecule has 0 aliphatic heterocycles. The van der Waals surface area contributed by atoms with Crippen LogP contribution in [0.3, 0.4) is 0 Å². The fraction of sp³-hybridized carbons (Fsp3) is 0.222. The van der Waals surface area contributed by atoms with Gasteiger partial charge in [-0.2, -0.15) is 0 Å². The smallest absolute Gasteiger partial charge is 0.0497 e. The van der Waals surface area contributed by atoms with E-state index in [0.29, 0.717) is 0 Å². The molecule has 0 radical (unpaired) electrons. The van der Waals surface area contributed by atoms with Gasteiger partial charge in [0.25, 0.3) is 0 Å². The Morgan fingerprint density at radius 3 is 2.52 bits per heavy atom. The Bertz CT molecular complexity index is 744. The van der Waals surface area contributed by atoms with Gasteiger partial charge in [0.05, 0.1) is 0 Å². The third-order valence-corrected chi connectivity index (χ3v) is 4.19. The topological polar surface area (TPSA) is 41.8 Å². The largest absolute Gasteiger partial charge is 0.354 e. The van der Waals surface area contributed by atoms with E-state index in [2.05, 4.69) is 30.1 Å². The molecule has 2 aromatic carbocycles. The molecule has 21 heavy (non-hydrogen) atoms. The van der Waals surface area contributed by atoms with Crippen LogP contribution in [0.25, 0.3) is 22.2 Å². The first-order chi connectivity index (χ1) is 10.2. The van der Waals surface area contributed by atoms with E-state index in [1.165, 1.54) is 10.9 Å². The second-order valence-corrected chi connectivity index (χ2v) is 5.84. The molecule has 0 amide bonds. The number of hydrogen-bond acceptors (Lipinski definition) is 1. The van der Waals surface area contributed by atoms with Crippen LogP contribution in [-0.2, 0) is 6.42 Å². The minimum Gasteiger partial charge on any atom is -0.354 e. The van der Waals surface area contributed by atoms with E-state index >= 15 is 0 Å². The van der Waals surface area contributed by atoms with Gasteiger partial charge in [-0.05, 0) is 42.2 Å². The Hall–Kier alpha value is -1.77. The van der Waals surface area contributed by atoms with Crippen LogP contribution in [0.15, 0.2) is 48.5 Å². The molecule has 3 aromatic rings. The van der Waals surface area contributed by atoms with Crippen LogP contribution in [0.5, 0.6) is 0 Å². The highest BCUT2D eigenvalue weighted by molar-refractivity contribution is 6.30. The SMILES string of the molecule is CCC(N)Cc1c(-c2ccc(Cl)cc2)[nH]c2ccccc12. The number of H-pyrrole nitrogens is 1. The summed E-state index contributed by atoms with van der Waals surface area (Å²) < 4.78 is 0. The van der Waals surface area contributed by atoms with Crippen LogP contribution in [0.2, 0.25) is 5.02 Å². The van der Waals surface area contributed by atoms with Gasteiger partial charge in [0, 0.05) is 27.7 Å². The molecule has 3 heteroatoms. The van der Waals surface area contributed by atoms with E-state index in [0.717, 1.165) is 34.6 Å². The number of hydrogen-bond donors (Lipinski definition) is 2. The lowest BCUT2D eigenvalue weighted by Gasteiger charge is -2.10. The molecule has 1 atom stereocenters. The Morgan fingerprint density at radius 1 is 1.10 bits per heavy atom. The highest BCUT2D eigenvalue weighted by atomic mass is 35.5. The van der Waals surface area contributed by atoms with Crippen LogP contribution >= 0.6 is 11.6 Å². The van der Waals surface area contributed by atoms with E-state index in [4.69, 9.17) is 17.3 Å². The first-order valence-electron chi connectivity index (χ1n) is 7.30. The maximum atomic E-state index is 6.19. The summed E-state index contributed by atoms with van der Waals surface area (Å²) in [6.45, 7) is 2.13. The van der Waals surface area contributed by atoms with E-state index in [1.54, 1.807) is 0 Å². The molecular weight excluding hydrogens is 280 g/mol. The van der Waals surface area contributed by atoms with Crippen molar-refractivity contribution in [3.8, 4) is 11.3 Å². The summed E-state index contributed by atoms with van der Waals surface area (Å²) in [5, 5.41) is 2.01.